The van der Waals surface area contributed by atoms with E-state index in [9.17, 15) is 0 Å². The van der Waals surface area contributed by atoms with Crippen molar-refractivity contribution in [2.45, 2.75) is 47.5 Å². The molecule has 0 radical (unpaired) electrons. The maximum atomic E-state index is 5.54. The molecule has 0 spiro atoms. The van der Waals surface area contributed by atoms with Crippen LogP contribution >= 0.6 is 0 Å². The summed E-state index contributed by atoms with van der Waals surface area (Å²) in [6, 6.07) is 0. The largest absolute Gasteiger partial charge is 0.330 e. The van der Waals surface area contributed by atoms with Crippen LogP contribution < -0.4 is 11.5 Å². The number of nitrogens with two attached hydrogens (primary N) is 2. The highest BCUT2D eigenvalue weighted by Crippen LogP contribution is 2.27. The van der Waals surface area contributed by atoms with Crippen molar-refractivity contribution in [1.82, 2.24) is 0 Å². The van der Waals surface area contributed by atoms with Crippen molar-refractivity contribution in [2.75, 3.05) is 13.1 Å². The summed E-state index contributed by atoms with van der Waals surface area (Å²) in [5.74, 6) is 0.622. The molecular weight excluding hydrogens is 160 g/mol. The van der Waals surface area contributed by atoms with E-state index in [0.29, 0.717) is 11.3 Å². The van der Waals surface area contributed by atoms with Gasteiger partial charge in [0.15, 0.2) is 0 Å². The lowest BCUT2D eigenvalue weighted by molar-refractivity contribution is 0.264. The average Bonchev–Trinajstić information content (AvgIpc) is 2.07. The summed E-state index contributed by atoms with van der Waals surface area (Å²) >= 11 is 0. The van der Waals surface area contributed by atoms with Crippen LogP contribution in [0.4, 0.5) is 0 Å². The summed E-state index contributed by atoms with van der Waals surface area (Å²) in [6.07, 6.45) is 2.28. The van der Waals surface area contributed by atoms with Crippen LogP contribution in [0.2, 0.25) is 0 Å². The van der Waals surface area contributed by atoms with E-state index in [1.165, 1.54) is 6.42 Å². The third kappa shape index (κ3) is 9.84. The Balaban J connectivity index is 0. The SMILES string of the molecule is CC.CC(CN)CC(C)(C)CCN. The van der Waals surface area contributed by atoms with Crippen molar-refractivity contribution in [1.29, 1.82) is 0 Å². The third-order valence-corrected chi connectivity index (χ3v) is 2.12. The number of rotatable bonds is 5. The first kappa shape index (κ1) is 15.4. The van der Waals surface area contributed by atoms with Gasteiger partial charge < -0.3 is 11.5 Å². The molecule has 13 heavy (non-hydrogen) atoms. The fourth-order valence-electron chi connectivity index (χ4n) is 1.52. The van der Waals surface area contributed by atoms with Gasteiger partial charge in [-0.3, -0.25) is 0 Å². The molecule has 0 heterocycles. The highest BCUT2D eigenvalue weighted by molar-refractivity contribution is 4.72. The van der Waals surface area contributed by atoms with Crippen LogP contribution in [0, 0.1) is 11.3 Å². The van der Waals surface area contributed by atoms with Crippen LogP contribution in [-0.4, -0.2) is 13.1 Å². The second kappa shape index (κ2) is 8.52. The average molecular weight is 188 g/mol. The van der Waals surface area contributed by atoms with Gasteiger partial charge in [-0.15, -0.1) is 0 Å². The molecule has 0 saturated carbocycles. The van der Waals surface area contributed by atoms with Gasteiger partial charge in [0.2, 0.25) is 0 Å². The molecule has 0 aromatic carbocycles. The van der Waals surface area contributed by atoms with Gasteiger partial charge in [0.1, 0.15) is 0 Å². The number of hydrogen-bond donors (Lipinski definition) is 2. The quantitative estimate of drug-likeness (QED) is 0.696. The van der Waals surface area contributed by atoms with Gasteiger partial charge in [-0.2, -0.15) is 0 Å². The maximum Gasteiger partial charge on any atom is -0.00513 e. The molecule has 2 heteroatoms. The minimum atomic E-state index is 0.369. The third-order valence-electron chi connectivity index (χ3n) is 2.12. The molecule has 0 rings (SSSR count). The molecule has 0 aliphatic heterocycles. The molecular formula is C11H28N2. The van der Waals surface area contributed by atoms with Gasteiger partial charge in [0.05, 0.1) is 0 Å². The van der Waals surface area contributed by atoms with Crippen LogP contribution in [0.1, 0.15) is 47.5 Å². The molecule has 0 bridgehead atoms. The standard InChI is InChI=1S/C9H22N2.C2H6/c1-8(7-11)6-9(2,3)4-5-10;1-2/h8H,4-7,10-11H2,1-3H3;1-2H3. The van der Waals surface area contributed by atoms with E-state index < -0.39 is 0 Å². The maximum absolute atomic E-state index is 5.54. The van der Waals surface area contributed by atoms with Crippen molar-refractivity contribution in [2.24, 2.45) is 22.8 Å². The molecule has 0 aromatic heterocycles. The van der Waals surface area contributed by atoms with Crippen LogP contribution in [0.5, 0.6) is 0 Å². The first-order valence-electron chi connectivity index (χ1n) is 5.42. The van der Waals surface area contributed by atoms with E-state index in [2.05, 4.69) is 20.8 Å². The Labute approximate surface area is 84.1 Å². The van der Waals surface area contributed by atoms with E-state index >= 15 is 0 Å². The second-order valence-corrected chi connectivity index (χ2v) is 4.25. The summed E-state index contributed by atoms with van der Waals surface area (Å²) in [6.45, 7) is 12.3. The zero-order valence-corrected chi connectivity index (χ0v) is 10.1. The van der Waals surface area contributed by atoms with Gasteiger partial charge in [-0.1, -0.05) is 34.6 Å². The smallest absolute Gasteiger partial charge is 0.00513 e. The lowest BCUT2D eigenvalue weighted by Crippen LogP contribution is -2.23. The first-order valence-corrected chi connectivity index (χ1v) is 5.42. The normalized spacial score (nSPS) is 13.2. The van der Waals surface area contributed by atoms with Gasteiger partial charge in [0.25, 0.3) is 0 Å². The molecule has 0 aliphatic carbocycles. The summed E-state index contributed by atoms with van der Waals surface area (Å²) in [7, 11) is 0. The molecule has 0 aliphatic rings. The fourth-order valence-corrected chi connectivity index (χ4v) is 1.52. The summed E-state index contributed by atoms with van der Waals surface area (Å²) < 4.78 is 0. The molecule has 2 nitrogen and oxygen atoms in total. The van der Waals surface area contributed by atoms with Crippen LogP contribution in [0.15, 0.2) is 0 Å². The summed E-state index contributed by atoms with van der Waals surface area (Å²) in [4.78, 5) is 0. The van der Waals surface area contributed by atoms with Gasteiger partial charge in [-0.25, -0.2) is 0 Å². The van der Waals surface area contributed by atoms with E-state index in [4.69, 9.17) is 11.5 Å². The zero-order chi connectivity index (χ0) is 10.9. The number of hydrogen-bond acceptors (Lipinski definition) is 2. The van der Waals surface area contributed by atoms with E-state index in [1.54, 1.807) is 0 Å². The molecule has 0 aromatic rings. The molecule has 4 N–H and O–H groups in total. The molecule has 0 saturated heterocycles. The molecule has 1 unspecified atom stereocenters. The minimum absolute atomic E-state index is 0.369. The lowest BCUT2D eigenvalue weighted by Gasteiger charge is -2.26. The first-order chi connectivity index (χ1) is 6.02. The predicted molar refractivity (Wildman–Crippen MR) is 61.6 cm³/mol. The lowest BCUT2D eigenvalue weighted by atomic mass is 9.81. The topological polar surface area (TPSA) is 52.0 Å². The van der Waals surface area contributed by atoms with Gasteiger partial charge in [-0.05, 0) is 37.3 Å². The van der Waals surface area contributed by atoms with Crippen molar-refractivity contribution in [3.63, 3.8) is 0 Å². The Morgan fingerprint density at radius 3 is 1.92 bits per heavy atom. The minimum Gasteiger partial charge on any atom is -0.330 e. The van der Waals surface area contributed by atoms with E-state index in [1.807, 2.05) is 13.8 Å². The van der Waals surface area contributed by atoms with Gasteiger partial charge in [0, 0.05) is 0 Å². The van der Waals surface area contributed by atoms with Crippen LogP contribution in [0.25, 0.3) is 0 Å². The predicted octanol–water partition coefficient (Wildman–Crippen LogP) is 2.37. The van der Waals surface area contributed by atoms with E-state index in [-0.39, 0.29) is 0 Å². The van der Waals surface area contributed by atoms with Crippen molar-refractivity contribution >= 4 is 0 Å². The molecule has 0 fully saturated rings. The van der Waals surface area contributed by atoms with Crippen LogP contribution in [0.3, 0.4) is 0 Å². The Morgan fingerprint density at radius 1 is 1.15 bits per heavy atom. The monoisotopic (exact) mass is 188 g/mol. The summed E-state index contributed by atoms with van der Waals surface area (Å²) in [5, 5.41) is 0. The fraction of sp³-hybridized carbons (Fsp3) is 1.00. The Hall–Kier alpha value is -0.0800. The molecule has 0 amide bonds. The van der Waals surface area contributed by atoms with E-state index in [0.717, 1.165) is 19.5 Å². The highest BCUT2D eigenvalue weighted by Gasteiger charge is 2.19. The Morgan fingerprint density at radius 2 is 1.62 bits per heavy atom. The van der Waals surface area contributed by atoms with Crippen molar-refractivity contribution in [3.05, 3.63) is 0 Å². The second-order valence-electron chi connectivity index (χ2n) is 4.25. The summed E-state index contributed by atoms with van der Waals surface area (Å²) in [5.41, 5.74) is 11.4. The Kier molecular flexibility index (Phi) is 10.1. The van der Waals surface area contributed by atoms with Crippen LogP contribution in [-0.2, 0) is 0 Å². The van der Waals surface area contributed by atoms with Crippen molar-refractivity contribution < 1.29 is 0 Å². The van der Waals surface area contributed by atoms with Gasteiger partial charge >= 0.3 is 0 Å². The zero-order valence-electron chi connectivity index (χ0n) is 10.1. The van der Waals surface area contributed by atoms with Crippen molar-refractivity contribution in [3.8, 4) is 0 Å². The molecule has 82 valence electrons. The Bertz CT molecular complexity index is 100. The molecule has 1 atom stereocenters. The highest BCUT2D eigenvalue weighted by atomic mass is 14.6.